The van der Waals surface area contributed by atoms with Crippen LogP contribution in [0.5, 0.6) is 0 Å². The third-order valence-electron chi connectivity index (χ3n) is 3.98. The third-order valence-corrected chi connectivity index (χ3v) is 7.71. The highest BCUT2D eigenvalue weighted by molar-refractivity contribution is 7.92. The van der Waals surface area contributed by atoms with Crippen LogP contribution in [0.3, 0.4) is 0 Å². The van der Waals surface area contributed by atoms with Crippen molar-refractivity contribution in [3.05, 3.63) is 82.1 Å². The number of halogens is 1. The second-order valence-electron chi connectivity index (χ2n) is 6.07. The largest absolute Gasteiger partial charge is 0.321 e. The molecular formula is C20H14ClN3O3S3. The lowest BCUT2D eigenvalue weighted by Crippen LogP contribution is -2.14. The molecule has 30 heavy (non-hydrogen) atoms. The molecule has 0 aliphatic heterocycles. The minimum Gasteiger partial charge on any atom is -0.321 e. The molecule has 0 atom stereocenters. The number of hydrogen-bond acceptors (Lipinski definition) is 6. The van der Waals surface area contributed by atoms with Gasteiger partial charge in [-0.1, -0.05) is 35.9 Å². The first-order valence-corrected chi connectivity index (χ1v) is 12.2. The van der Waals surface area contributed by atoms with Crippen LogP contribution in [0.1, 0.15) is 9.67 Å². The lowest BCUT2D eigenvalue weighted by molar-refractivity contribution is 0.103. The molecule has 2 aromatic carbocycles. The number of hydrogen-bond donors (Lipinski definition) is 2. The number of thiazole rings is 1. The zero-order valence-electron chi connectivity index (χ0n) is 15.2. The summed E-state index contributed by atoms with van der Waals surface area (Å²) in [6.07, 6.45) is 1.51. The van der Waals surface area contributed by atoms with Crippen LogP contribution in [0.4, 0.5) is 11.4 Å². The van der Waals surface area contributed by atoms with E-state index in [1.807, 2.05) is 17.5 Å². The van der Waals surface area contributed by atoms with E-state index in [0.717, 1.165) is 9.88 Å². The molecule has 152 valence electrons. The van der Waals surface area contributed by atoms with E-state index in [2.05, 4.69) is 15.0 Å². The first kappa shape index (κ1) is 20.5. The van der Waals surface area contributed by atoms with Gasteiger partial charge < -0.3 is 5.32 Å². The molecule has 0 saturated heterocycles. The average molecular weight is 476 g/mol. The minimum absolute atomic E-state index is 0.00352. The fraction of sp³-hybridized carbons (Fsp3) is 0. The molecule has 0 spiro atoms. The normalized spacial score (nSPS) is 11.2. The molecule has 0 saturated carbocycles. The Kier molecular flexibility index (Phi) is 5.87. The number of benzene rings is 2. The van der Waals surface area contributed by atoms with E-state index in [9.17, 15) is 13.2 Å². The van der Waals surface area contributed by atoms with Gasteiger partial charge in [0.15, 0.2) is 0 Å². The number of para-hydroxylation sites is 1. The van der Waals surface area contributed by atoms with Crippen LogP contribution >= 0.6 is 34.3 Å². The molecule has 2 aromatic heterocycles. The van der Waals surface area contributed by atoms with Gasteiger partial charge in [-0.05, 0) is 41.8 Å². The van der Waals surface area contributed by atoms with Crippen molar-refractivity contribution in [2.45, 2.75) is 4.90 Å². The van der Waals surface area contributed by atoms with Crippen molar-refractivity contribution in [3.8, 4) is 9.88 Å². The second kappa shape index (κ2) is 8.57. The van der Waals surface area contributed by atoms with Gasteiger partial charge in [0.25, 0.3) is 15.9 Å². The van der Waals surface area contributed by atoms with Crippen LogP contribution in [0.25, 0.3) is 9.88 Å². The van der Waals surface area contributed by atoms with Gasteiger partial charge >= 0.3 is 0 Å². The zero-order chi connectivity index (χ0) is 21.1. The third kappa shape index (κ3) is 4.54. The lowest BCUT2D eigenvalue weighted by atomic mass is 10.3. The summed E-state index contributed by atoms with van der Waals surface area (Å²) >= 11 is 8.85. The van der Waals surface area contributed by atoms with E-state index in [-0.39, 0.29) is 21.5 Å². The SMILES string of the molecule is O=C(Nc1cccc(S(=O)(=O)Nc2ccccc2Cl)c1)c1cnc(-c2cccs2)s1. The summed E-state index contributed by atoms with van der Waals surface area (Å²) in [5, 5.41) is 5.71. The number of anilines is 2. The van der Waals surface area contributed by atoms with E-state index < -0.39 is 10.0 Å². The summed E-state index contributed by atoms with van der Waals surface area (Å²) in [5.41, 5.74) is 0.632. The maximum Gasteiger partial charge on any atom is 0.267 e. The molecule has 0 fully saturated rings. The van der Waals surface area contributed by atoms with Crippen molar-refractivity contribution in [2.75, 3.05) is 10.0 Å². The first-order valence-electron chi connectivity index (χ1n) is 8.61. The molecule has 0 bridgehead atoms. The smallest absolute Gasteiger partial charge is 0.267 e. The quantitative estimate of drug-likeness (QED) is 0.381. The zero-order valence-corrected chi connectivity index (χ0v) is 18.4. The predicted molar refractivity (Wildman–Crippen MR) is 122 cm³/mol. The van der Waals surface area contributed by atoms with Crippen molar-refractivity contribution >= 4 is 61.6 Å². The van der Waals surface area contributed by atoms with E-state index >= 15 is 0 Å². The van der Waals surface area contributed by atoms with Crippen LogP contribution in [0.15, 0.2) is 77.1 Å². The number of thiophene rings is 1. The molecule has 1 amide bonds. The van der Waals surface area contributed by atoms with Gasteiger partial charge in [0.1, 0.15) is 9.88 Å². The Bertz CT molecular complexity index is 1300. The highest BCUT2D eigenvalue weighted by atomic mass is 35.5. The summed E-state index contributed by atoms with van der Waals surface area (Å²) in [6.45, 7) is 0. The van der Waals surface area contributed by atoms with Crippen molar-refractivity contribution in [2.24, 2.45) is 0 Å². The van der Waals surface area contributed by atoms with Crippen LogP contribution in [-0.4, -0.2) is 19.3 Å². The number of carbonyl (C=O) groups excluding carboxylic acids is 1. The summed E-state index contributed by atoms with van der Waals surface area (Å²) < 4.78 is 27.9. The van der Waals surface area contributed by atoms with Gasteiger partial charge in [-0.15, -0.1) is 22.7 Å². The van der Waals surface area contributed by atoms with Gasteiger partial charge in [-0.2, -0.15) is 0 Å². The Morgan fingerprint density at radius 2 is 1.87 bits per heavy atom. The number of nitrogens with zero attached hydrogens (tertiary/aromatic N) is 1. The van der Waals surface area contributed by atoms with Crippen molar-refractivity contribution in [1.29, 1.82) is 0 Å². The van der Waals surface area contributed by atoms with Crippen molar-refractivity contribution in [3.63, 3.8) is 0 Å². The highest BCUT2D eigenvalue weighted by Gasteiger charge is 2.18. The Labute approximate surface area is 186 Å². The standard InChI is InChI=1S/C20H14ClN3O3S3/c21-15-7-1-2-8-16(15)24-30(26,27)14-6-3-5-13(11-14)23-19(25)18-12-22-20(29-18)17-9-4-10-28-17/h1-12,24H,(H,23,25). The maximum atomic E-state index is 12.7. The summed E-state index contributed by atoms with van der Waals surface area (Å²) in [6, 6.07) is 16.4. The maximum absolute atomic E-state index is 12.7. The Morgan fingerprint density at radius 1 is 1.03 bits per heavy atom. The molecule has 6 nitrogen and oxygen atoms in total. The summed E-state index contributed by atoms with van der Waals surface area (Å²) in [7, 11) is -3.88. The second-order valence-corrected chi connectivity index (χ2v) is 10.1. The van der Waals surface area contributed by atoms with Crippen molar-refractivity contribution in [1.82, 2.24) is 4.98 Å². The average Bonchev–Trinajstić information content (AvgIpc) is 3.42. The van der Waals surface area contributed by atoms with Crippen LogP contribution in [-0.2, 0) is 10.0 Å². The Balaban J connectivity index is 1.52. The molecule has 0 aliphatic rings. The van der Waals surface area contributed by atoms with Gasteiger partial charge in [-0.3, -0.25) is 9.52 Å². The fourth-order valence-electron chi connectivity index (χ4n) is 2.57. The molecule has 4 rings (SSSR count). The summed E-state index contributed by atoms with van der Waals surface area (Å²) in [5.74, 6) is -0.357. The summed E-state index contributed by atoms with van der Waals surface area (Å²) in [4.78, 5) is 18.3. The fourth-order valence-corrected chi connectivity index (χ4v) is 5.55. The Hall–Kier alpha value is -2.72. The number of amides is 1. The number of sulfonamides is 1. The minimum atomic E-state index is -3.88. The van der Waals surface area contributed by atoms with Crippen molar-refractivity contribution < 1.29 is 13.2 Å². The number of nitrogens with one attached hydrogen (secondary N) is 2. The van der Waals surface area contributed by atoms with Crippen LogP contribution < -0.4 is 10.0 Å². The monoisotopic (exact) mass is 475 g/mol. The molecule has 4 aromatic rings. The molecule has 0 aliphatic carbocycles. The van der Waals surface area contributed by atoms with Gasteiger partial charge in [0.05, 0.1) is 26.7 Å². The van der Waals surface area contributed by atoms with E-state index in [4.69, 9.17) is 11.6 Å². The molecule has 2 heterocycles. The molecular weight excluding hydrogens is 462 g/mol. The topological polar surface area (TPSA) is 88.2 Å². The van der Waals surface area contributed by atoms with Crippen LogP contribution in [0, 0.1) is 0 Å². The Morgan fingerprint density at radius 3 is 2.63 bits per heavy atom. The number of aromatic nitrogens is 1. The van der Waals surface area contributed by atoms with E-state index in [1.165, 1.54) is 29.7 Å². The van der Waals surface area contributed by atoms with E-state index in [1.54, 1.807) is 47.7 Å². The predicted octanol–water partition coefficient (Wildman–Crippen LogP) is 5.58. The molecule has 0 radical (unpaired) electrons. The molecule has 10 heteroatoms. The lowest BCUT2D eigenvalue weighted by Gasteiger charge is -2.11. The highest BCUT2D eigenvalue weighted by Crippen LogP contribution is 2.29. The molecule has 0 unspecified atom stereocenters. The van der Waals surface area contributed by atoms with Crippen LogP contribution in [0.2, 0.25) is 5.02 Å². The molecule has 2 N–H and O–H groups in total. The van der Waals surface area contributed by atoms with Gasteiger partial charge in [-0.25, -0.2) is 13.4 Å². The number of rotatable bonds is 6. The number of carbonyl (C=O) groups is 1. The first-order chi connectivity index (χ1) is 14.4. The van der Waals surface area contributed by atoms with E-state index in [0.29, 0.717) is 10.6 Å². The van der Waals surface area contributed by atoms with Gasteiger partial charge in [0.2, 0.25) is 0 Å². The van der Waals surface area contributed by atoms with Gasteiger partial charge in [0, 0.05) is 5.69 Å².